The number of thiazole rings is 1. The third kappa shape index (κ3) is 4.56. The van der Waals surface area contributed by atoms with Crippen molar-refractivity contribution in [2.75, 3.05) is 18.4 Å². The first-order chi connectivity index (χ1) is 14.9. The van der Waals surface area contributed by atoms with Gasteiger partial charge in [0.2, 0.25) is 10.0 Å². The predicted molar refractivity (Wildman–Crippen MR) is 121 cm³/mol. The second-order valence-electron chi connectivity index (χ2n) is 7.60. The summed E-state index contributed by atoms with van der Waals surface area (Å²) in [5.74, 6) is 0.383. The number of hydrogen-bond donors (Lipinski definition) is 1. The minimum atomic E-state index is -3.62. The molecule has 164 valence electrons. The highest BCUT2D eigenvalue weighted by atomic mass is 32.2. The van der Waals surface area contributed by atoms with Crippen molar-refractivity contribution in [3.8, 4) is 10.7 Å². The minimum Gasteiger partial charge on any atom is -0.333 e. The molecule has 0 saturated carbocycles. The molecule has 0 atom stereocenters. The molecule has 0 unspecified atom stereocenters. The molecule has 10 heteroatoms. The summed E-state index contributed by atoms with van der Waals surface area (Å²) in [5.41, 5.74) is 1.05. The number of rotatable bonds is 5. The first-order valence-corrected chi connectivity index (χ1v) is 12.5. The van der Waals surface area contributed by atoms with E-state index in [-0.39, 0.29) is 10.5 Å². The van der Waals surface area contributed by atoms with Crippen LogP contribution in [0, 0.1) is 6.92 Å². The van der Waals surface area contributed by atoms with Crippen LogP contribution in [0.25, 0.3) is 10.7 Å². The Morgan fingerprint density at radius 2 is 1.90 bits per heavy atom. The molecule has 1 aliphatic rings. The number of anilines is 1. The Balaban J connectivity index is 1.54. The number of nitrogens with one attached hydrogen (secondary N) is 1. The van der Waals surface area contributed by atoms with E-state index in [2.05, 4.69) is 15.3 Å². The zero-order valence-electron chi connectivity index (χ0n) is 17.5. The Morgan fingerprint density at radius 3 is 2.58 bits per heavy atom. The fourth-order valence-electron chi connectivity index (χ4n) is 3.64. The van der Waals surface area contributed by atoms with Crippen LogP contribution in [0.15, 0.2) is 41.6 Å². The van der Waals surface area contributed by atoms with E-state index in [4.69, 9.17) is 0 Å². The largest absolute Gasteiger partial charge is 0.333 e. The van der Waals surface area contributed by atoms with E-state index in [1.165, 1.54) is 21.7 Å². The first kappa shape index (κ1) is 21.7. The van der Waals surface area contributed by atoms with Gasteiger partial charge >= 0.3 is 0 Å². The molecule has 0 spiro atoms. The Labute approximate surface area is 186 Å². The molecule has 1 aromatic carbocycles. The summed E-state index contributed by atoms with van der Waals surface area (Å²) in [7, 11) is -1.72. The number of carbonyl (C=O) groups is 1. The topological polar surface area (TPSA) is 97.2 Å². The average molecular weight is 460 g/mol. The number of hydrogen-bond acceptors (Lipinski definition) is 6. The molecule has 1 fully saturated rings. The van der Waals surface area contributed by atoms with E-state index in [0.29, 0.717) is 18.2 Å². The third-order valence-corrected chi connectivity index (χ3v) is 8.30. The van der Waals surface area contributed by atoms with Crippen molar-refractivity contribution in [3.63, 3.8) is 0 Å². The second-order valence-corrected chi connectivity index (χ2v) is 10.5. The smallest absolute Gasteiger partial charge is 0.257 e. The summed E-state index contributed by atoms with van der Waals surface area (Å²) >= 11 is 1.34. The Hall–Kier alpha value is -2.56. The molecule has 0 radical (unpaired) electrons. The average Bonchev–Trinajstić information content (AvgIpc) is 3.20. The lowest BCUT2D eigenvalue weighted by Crippen LogP contribution is -2.32. The van der Waals surface area contributed by atoms with Crippen molar-refractivity contribution in [1.82, 2.24) is 18.8 Å². The van der Waals surface area contributed by atoms with Crippen LogP contribution in [0.1, 0.15) is 41.7 Å². The fourth-order valence-corrected chi connectivity index (χ4v) is 6.20. The molecule has 0 bridgehead atoms. The van der Waals surface area contributed by atoms with Crippen LogP contribution in [0.4, 0.5) is 5.13 Å². The highest BCUT2D eigenvalue weighted by Crippen LogP contribution is 2.31. The highest BCUT2D eigenvalue weighted by Gasteiger charge is 2.26. The number of amides is 1. The van der Waals surface area contributed by atoms with Crippen LogP contribution >= 0.6 is 11.3 Å². The monoisotopic (exact) mass is 459 g/mol. The van der Waals surface area contributed by atoms with E-state index in [1.54, 1.807) is 24.4 Å². The molecule has 3 aromatic rings. The molecule has 8 nitrogen and oxygen atoms in total. The fraction of sp³-hybridized carbons (Fsp3) is 0.381. The quantitative estimate of drug-likeness (QED) is 0.628. The third-order valence-electron chi connectivity index (χ3n) is 5.34. The number of sulfonamides is 1. The van der Waals surface area contributed by atoms with Gasteiger partial charge in [0.05, 0.1) is 15.5 Å². The predicted octanol–water partition coefficient (Wildman–Crippen LogP) is 3.67. The zero-order valence-corrected chi connectivity index (χ0v) is 19.2. The maximum atomic E-state index is 13.1. The second kappa shape index (κ2) is 8.89. The number of carbonyl (C=O) groups excluding carboxylic acids is 1. The van der Waals surface area contributed by atoms with Crippen LogP contribution in [0.2, 0.25) is 0 Å². The van der Waals surface area contributed by atoms with E-state index < -0.39 is 15.9 Å². The van der Waals surface area contributed by atoms with Crippen LogP contribution < -0.4 is 5.32 Å². The molecule has 31 heavy (non-hydrogen) atoms. The molecule has 1 saturated heterocycles. The lowest BCUT2D eigenvalue weighted by molar-refractivity contribution is 0.102. The van der Waals surface area contributed by atoms with Crippen molar-refractivity contribution < 1.29 is 13.2 Å². The Kier molecular flexibility index (Phi) is 6.22. The lowest BCUT2D eigenvalue weighted by Gasteiger charge is -2.20. The van der Waals surface area contributed by atoms with Gasteiger partial charge in [0.1, 0.15) is 0 Å². The molecule has 1 amide bonds. The summed E-state index contributed by atoms with van der Waals surface area (Å²) in [4.78, 5) is 22.6. The van der Waals surface area contributed by atoms with Crippen LogP contribution in [-0.2, 0) is 17.1 Å². The lowest BCUT2D eigenvalue weighted by atomic mass is 10.2. The van der Waals surface area contributed by atoms with Gasteiger partial charge in [0.15, 0.2) is 11.0 Å². The minimum absolute atomic E-state index is 0.145. The maximum Gasteiger partial charge on any atom is 0.257 e. The molecule has 0 aliphatic carbocycles. The number of imidazole rings is 1. The molecule has 1 N–H and O–H groups in total. The van der Waals surface area contributed by atoms with Crippen molar-refractivity contribution in [1.29, 1.82) is 0 Å². The number of benzene rings is 1. The van der Waals surface area contributed by atoms with Gasteiger partial charge < -0.3 is 4.57 Å². The summed E-state index contributed by atoms with van der Waals surface area (Å²) in [6, 6.07) is 6.20. The summed E-state index contributed by atoms with van der Waals surface area (Å²) < 4.78 is 29.5. The van der Waals surface area contributed by atoms with Gasteiger partial charge in [-0.1, -0.05) is 30.2 Å². The normalized spacial score (nSPS) is 15.5. The van der Waals surface area contributed by atoms with Gasteiger partial charge in [-0.2, -0.15) is 4.31 Å². The number of nitrogens with zero attached hydrogens (tertiary/aromatic N) is 4. The maximum absolute atomic E-state index is 13.1. The molecule has 1 aliphatic heterocycles. The van der Waals surface area contributed by atoms with Crippen LogP contribution in [0.5, 0.6) is 0 Å². The summed E-state index contributed by atoms with van der Waals surface area (Å²) in [6.07, 6.45) is 7.37. The van der Waals surface area contributed by atoms with Gasteiger partial charge in [0, 0.05) is 38.1 Å². The number of aryl methyl sites for hydroxylation is 2. The van der Waals surface area contributed by atoms with Gasteiger partial charge in [-0.3, -0.25) is 10.1 Å². The van der Waals surface area contributed by atoms with Gasteiger partial charge in [-0.25, -0.2) is 18.4 Å². The van der Waals surface area contributed by atoms with Gasteiger partial charge in [0.25, 0.3) is 5.91 Å². The van der Waals surface area contributed by atoms with Crippen LogP contribution in [0.3, 0.4) is 0 Å². The van der Waals surface area contributed by atoms with Gasteiger partial charge in [-0.05, 0) is 38.0 Å². The van der Waals surface area contributed by atoms with Crippen molar-refractivity contribution in [2.24, 2.45) is 7.05 Å². The molecule has 3 heterocycles. The van der Waals surface area contributed by atoms with Gasteiger partial charge in [-0.15, -0.1) is 0 Å². The molecule has 2 aromatic heterocycles. The Morgan fingerprint density at radius 1 is 1.16 bits per heavy atom. The van der Waals surface area contributed by atoms with E-state index in [1.807, 2.05) is 24.7 Å². The standard InChI is InChI=1S/C21H25N5O3S2/c1-15-18(19-22-10-13-25(19)2)30-21(23-15)24-20(27)16-8-7-9-17(14-16)31(28,29)26-11-5-3-4-6-12-26/h7-10,13-14H,3-6,11-12H2,1-2H3,(H,23,24,27). The zero-order chi connectivity index (χ0) is 22.0. The van der Waals surface area contributed by atoms with Crippen molar-refractivity contribution in [3.05, 3.63) is 47.9 Å². The van der Waals surface area contributed by atoms with Crippen LogP contribution in [-0.4, -0.2) is 46.3 Å². The molecule has 4 rings (SSSR count). The summed E-state index contributed by atoms with van der Waals surface area (Å²) in [6.45, 7) is 2.91. The number of aromatic nitrogens is 3. The van der Waals surface area contributed by atoms with E-state index in [0.717, 1.165) is 42.1 Å². The molecular weight excluding hydrogens is 434 g/mol. The SMILES string of the molecule is Cc1nc(NC(=O)c2cccc(S(=O)(=O)N3CCCCCC3)c2)sc1-c1nccn1C. The molecular formula is C21H25N5O3S2. The first-order valence-electron chi connectivity index (χ1n) is 10.2. The Bertz CT molecular complexity index is 1190. The van der Waals surface area contributed by atoms with E-state index >= 15 is 0 Å². The van der Waals surface area contributed by atoms with E-state index in [9.17, 15) is 13.2 Å². The highest BCUT2D eigenvalue weighted by molar-refractivity contribution is 7.89. The van der Waals surface area contributed by atoms with Crippen molar-refractivity contribution in [2.45, 2.75) is 37.5 Å². The van der Waals surface area contributed by atoms with Crippen molar-refractivity contribution >= 4 is 32.4 Å². The summed E-state index contributed by atoms with van der Waals surface area (Å²) in [5, 5.41) is 3.24.